The van der Waals surface area contributed by atoms with Gasteiger partial charge in [-0.15, -0.1) is 0 Å². The van der Waals surface area contributed by atoms with E-state index >= 15 is 0 Å². The molecule has 5 aromatic rings. The van der Waals surface area contributed by atoms with E-state index < -0.39 is 17.8 Å². The van der Waals surface area contributed by atoms with Crippen molar-refractivity contribution in [2.75, 3.05) is 4.90 Å². The molecule has 1 fully saturated rings. The highest BCUT2D eigenvalue weighted by Gasteiger charge is 2.37. The van der Waals surface area contributed by atoms with Crippen LogP contribution in [0.3, 0.4) is 0 Å². The quantitative estimate of drug-likeness (QED) is 0.189. The SMILES string of the molecule is O=C1NC(=O)N(c2ccccc2)C(=O)/C1=C\c1cc(-c2ccccc2)n(-c2ccc(Cl)cc2)c1-c1ccccc1. The molecule has 1 aromatic heterocycles. The Kier molecular flexibility index (Phi) is 6.60. The fourth-order valence-electron chi connectivity index (χ4n) is 4.84. The molecule has 7 heteroatoms. The molecule has 6 nitrogen and oxygen atoms in total. The van der Waals surface area contributed by atoms with E-state index in [4.69, 9.17) is 11.6 Å². The molecule has 0 aliphatic carbocycles. The van der Waals surface area contributed by atoms with Crippen molar-refractivity contribution in [2.45, 2.75) is 0 Å². The lowest BCUT2D eigenvalue weighted by molar-refractivity contribution is -0.122. The minimum atomic E-state index is -0.787. The number of imide groups is 2. The molecule has 1 aliphatic rings. The van der Waals surface area contributed by atoms with Crippen LogP contribution in [0.1, 0.15) is 5.56 Å². The van der Waals surface area contributed by atoms with Crippen LogP contribution in [0.4, 0.5) is 10.5 Å². The Hall–Kier alpha value is -5.20. The molecule has 1 N–H and O–H groups in total. The van der Waals surface area contributed by atoms with Crippen LogP contribution in [-0.2, 0) is 9.59 Å². The maximum absolute atomic E-state index is 13.6. The van der Waals surface area contributed by atoms with Crippen LogP contribution in [-0.4, -0.2) is 22.4 Å². The summed E-state index contributed by atoms with van der Waals surface area (Å²) in [7, 11) is 0. The highest BCUT2D eigenvalue weighted by Crippen LogP contribution is 2.38. The van der Waals surface area contributed by atoms with Gasteiger partial charge in [-0.2, -0.15) is 0 Å². The van der Waals surface area contributed by atoms with Crippen LogP contribution >= 0.6 is 11.6 Å². The zero-order valence-electron chi connectivity index (χ0n) is 21.1. The number of para-hydroxylation sites is 1. The third kappa shape index (κ3) is 4.61. The van der Waals surface area contributed by atoms with Gasteiger partial charge in [0.25, 0.3) is 11.8 Å². The Morgan fingerprint density at radius 2 is 1.23 bits per heavy atom. The number of nitrogens with one attached hydrogen (secondary N) is 1. The molecule has 4 amide bonds. The first kappa shape index (κ1) is 25.1. The third-order valence-electron chi connectivity index (χ3n) is 6.65. The van der Waals surface area contributed by atoms with Gasteiger partial charge in [0.05, 0.1) is 17.1 Å². The lowest BCUT2D eigenvalue weighted by atomic mass is 10.0. The van der Waals surface area contributed by atoms with Gasteiger partial charge in [0.1, 0.15) is 5.57 Å². The maximum Gasteiger partial charge on any atom is 0.335 e. The fraction of sp³-hybridized carbons (Fsp3) is 0. The average molecular weight is 544 g/mol. The zero-order chi connectivity index (χ0) is 27.6. The number of hydrogen-bond acceptors (Lipinski definition) is 3. The molecule has 4 aromatic carbocycles. The lowest BCUT2D eigenvalue weighted by Gasteiger charge is -2.26. The van der Waals surface area contributed by atoms with Crippen LogP contribution in [0.2, 0.25) is 5.02 Å². The van der Waals surface area contributed by atoms with E-state index in [1.54, 1.807) is 36.4 Å². The number of amides is 4. The maximum atomic E-state index is 13.6. The second-order valence-corrected chi connectivity index (χ2v) is 9.61. The molecule has 194 valence electrons. The van der Waals surface area contributed by atoms with Crippen LogP contribution in [0.5, 0.6) is 0 Å². The number of nitrogens with zero attached hydrogens (tertiary/aromatic N) is 2. The molecule has 40 heavy (non-hydrogen) atoms. The molecule has 0 spiro atoms. The van der Waals surface area contributed by atoms with Gasteiger partial charge in [0.15, 0.2) is 0 Å². The van der Waals surface area contributed by atoms with E-state index in [1.165, 1.54) is 0 Å². The van der Waals surface area contributed by atoms with Gasteiger partial charge >= 0.3 is 6.03 Å². The van der Waals surface area contributed by atoms with Gasteiger partial charge in [0.2, 0.25) is 0 Å². The van der Waals surface area contributed by atoms with Gasteiger partial charge in [-0.25, -0.2) is 9.69 Å². The molecule has 0 bridgehead atoms. The number of hydrogen-bond donors (Lipinski definition) is 1. The topological polar surface area (TPSA) is 71.4 Å². The largest absolute Gasteiger partial charge is 0.335 e. The number of carbonyl (C=O) groups is 3. The zero-order valence-corrected chi connectivity index (χ0v) is 21.9. The number of benzene rings is 4. The molecule has 0 unspecified atom stereocenters. The van der Waals surface area contributed by atoms with Gasteiger partial charge < -0.3 is 4.57 Å². The normalized spacial score (nSPS) is 14.5. The second-order valence-electron chi connectivity index (χ2n) is 9.17. The standard InChI is InChI=1S/C33H22ClN3O3/c34-25-16-18-27(19-17-25)36-29(22-10-4-1-5-11-22)21-24(30(36)23-12-6-2-7-13-23)20-28-31(38)35-33(40)37(32(28)39)26-14-8-3-9-15-26/h1-21H,(H,35,38,40)/b28-20-. The van der Waals surface area contributed by atoms with Crippen LogP contribution in [0.25, 0.3) is 34.3 Å². The number of barbiturate groups is 1. The Balaban J connectivity index is 1.60. The summed E-state index contributed by atoms with van der Waals surface area (Å²) in [6.45, 7) is 0. The summed E-state index contributed by atoms with van der Waals surface area (Å²) in [5, 5.41) is 2.92. The van der Waals surface area contributed by atoms with Crippen molar-refractivity contribution in [3.63, 3.8) is 0 Å². The third-order valence-corrected chi connectivity index (χ3v) is 6.90. The number of aromatic nitrogens is 1. The molecular formula is C33H22ClN3O3. The molecule has 0 saturated carbocycles. The van der Waals surface area contributed by atoms with E-state index in [2.05, 4.69) is 9.88 Å². The summed E-state index contributed by atoms with van der Waals surface area (Å²) in [5.41, 5.74) is 5.18. The first-order valence-corrected chi connectivity index (χ1v) is 13.0. The van der Waals surface area contributed by atoms with Gasteiger partial charge in [-0.3, -0.25) is 14.9 Å². The van der Waals surface area contributed by atoms with E-state index in [9.17, 15) is 14.4 Å². The molecule has 1 aliphatic heterocycles. The number of rotatable bonds is 5. The minimum Gasteiger partial charge on any atom is -0.309 e. The Morgan fingerprint density at radius 1 is 0.650 bits per heavy atom. The summed E-state index contributed by atoms with van der Waals surface area (Å²) in [5.74, 6) is -1.44. The highest BCUT2D eigenvalue weighted by atomic mass is 35.5. The summed E-state index contributed by atoms with van der Waals surface area (Å²) >= 11 is 6.22. The Morgan fingerprint density at radius 3 is 1.85 bits per heavy atom. The monoisotopic (exact) mass is 543 g/mol. The average Bonchev–Trinajstić information content (AvgIpc) is 3.36. The van der Waals surface area contributed by atoms with Gasteiger partial charge in [-0.1, -0.05) is 90.5 Å². The van der Waals surface area contributed by atoms with Crippen molar-refractivity contribution in [1.29, 1.82) is 0 Å². The molecule has 6 rings (SSSR count). The first-order valence-electron chi connectivity index (χ1n) is 12.6. The summed E-state index contributed by atoms with van der Waals surface area (Å²) < 4.78 is 2.08. The summed E-state index contributed by atoms with van der Waals surface area (Å²) in [6.07, 6.45) is 1.56. The van der Waals surface area contributed by atoms with Gasteiger partial charge in [-0.05, 0) is 59.7 Å². The van der Waals surface area contributed by atoms with E-state index in [1.807, 2.05) is 91.0 Å². The first-order chi connectivity index (χ1) is 19.5. The van der Waals surface area contributed by atoms with Crippen molar-refractivity contribution in [1.82, 2.24) is 9.88 Å². The molecular weight excluding hydrogens is 522 g/mol. The Bertz CT molecular complexity index is 1760. The number of carbonyl (C=O) groups excluding carboxylic acids is 3. The summed E-state index contributed by atoms with van der Waals surface area (Å²) in [4.78, 5) is 40.3. The molecule has 2 heterocycles. The van der Waals surface area contributed by atoms with Crippen LogP contribution < -0.4 is 10.2 Å². The van der Waals surface area contributed by atoms with E-state index in [0.29, 0.717) is 16.3 Å². The van der Waals surface area contributed by atoms with E-state index in [-0.39, 0.29) is 5.57 Å². The highest BCUT2D eigenvalue weighted by molar-refractivity contribution is 6.39. The van der Waals surface area contributed by atoms with Crippen molar-refractivity contribution in [3.05, 3.63) is 137 Å². The van der Waals surface area contributed by atoms with Crippen LogP contribution in [0.15, 0.2) is 127 Å². The second kappa shape index (κ2) is 10.5. The molecule has 1 saturated heterocycles. The number of urea groups is 1. The molecule has 0 radical (unpaired) electrons. The smallest absolute Gasteiger partial charge is 0.309 e. The van der Waals surface area contributed by atoms with Crippen LogP contribution in [0, 0.1) is 0 Å². The van der Waals surface area contributed by atoms with Crippen molar-refractivity contribution in [3.8, 4) is 28.2 Å². The number of anilines is 1. The van der Waals surface area contributed by atoms with Crippen molar-refractivity contribution in [2.24, 2.45) is 0 Å². The molecule has 0 atom stereocenters. The predicted molar refractivity (Wildman–Crippen MR) is 157 cm³/mol. The Labute approximate surface area is 235 Å². The lowest BCUT2D eigenvalue weighted by Crippen LogP contribution is -2.54. The summed E-state index contributed by atoms with van der Waals surface area (Å²) in [6, 6.07) is 36.8. The van der Waals surface area contributed by atoms with E-state index in [0.717, 1.165) is 33.1 Å². The predicted octanol–water partition coefficient (Wildman–Crippen LogP) is 7.13. The minimum absolute atomic E-state index is 0.145. The van der Waals surface area contributed by atoms with Gasteiger partial charge in [0, 0.05) is 16.3 Å². The van der Waals surface area contributed by atoms with Crippen molar-refractivity contribution >= 4 is 41.2 Å². The fourth-order valence-corrected chi connectivity index (χ4v) is 4.96. The van der Waals surface area contributed by atoms with Crippen molar-refractivity contribution < 1.29 is 14.4 Å². The number of halogens is 1.